The molecule has 0 N–H and O–H groups in total. The molecule has 2 aliphatic heterocycles. The van der Waals surface area contributed by atoms with Gasteiger partial charge in [-0.2, -0.15) is 0 Å². The summed E-state index contributed by atoms with van der Waals surface area (Å²) in [6.07, 6.45) is 0.542. The minimum atomic E-state index is -1.65. The van der Waals surface area contributed by atoms with Gasteiger partial charge in [-0.3, -0.25) is 4.79 Å². The standard InChI is InChI=1S/C10H16FNO2/c1-4-10(11)5-7-6-14-9(2,3)12(7)8(10)13/h7H,4-6H2,1-3H3/t7-,10-/m0/s1. The van der Waals surface area contributed by atoms with Gasteiger partial charge in [-0.1, -0.05) is 6.92 Å². The number of rotatable bonds is 1. The van der Waals surface area contributed by atoms with Gasteiger partial charge in [0.15, 0.2) is 5.67 Å². The molecule has 2 fully saturated rings. The van der Waals surface area contributed by atoms with E-state index in [9.17, 15) is 9.18 Å². The molecule has 0 aliphatic carbocycles. The van der Waals surface area contributed by atoms with Crippen molar-refractivity contribution in [1.29, 1.82) is 0 Å². The van der Waals surface area contributed by atoms with Gasteiger partial charge in [-0.25, -0.2) is 4.39 Å². The molecule has 2 aliphatic rings. The Bertz CT molecular complexity index is 279. The number of carbonyl (C=O) groups is 1. The summed E-state index contributed by atoms with van der Waals surface area (Å²) in [4.78, 5) is 13.4. The molecule has 0 saturated carbocycles. The molecule has 0 aromatic rings. The third-order valence-electron chi connectivity index (χ3n) is 3.30. The molecule has 2 rings (SSSR count). The lowest BCUT2D eigenvalue weighted by atomic mass is 9.99. The molecular weight excluding hydrogens is 185 g/mol. The summed E-state index contributed by atoms with van der Waals surface area (Å²) in [5, 5.41) is 0. The smallest absolute Gasteiger partial charge is 0.262 e. The number of carbonyl (C=O) groups excluding carboxylic acids is 1. The van der Waals surface area contributed by atoms with Crippen molar-refractivity contribution in [1.82, 2.24) is 4.90 Å². The van der Waals surface area contributed by atoms with Crippen molar-refractivity contribution in [2.45, 2.75) is 51.0 Å². The van der Waals surface area contributed by atoms with Crippen LogP contribution in [0.1, 0.15) is 33.6 Å². The van der Waals surface area contributed by atoms with E-state index in [0.29, 0.717) is 6.61 Å². The van der Waals surface area contributed by atoms with Crippen molar-refractivity contribution >= 4 is 5.91 Å². The predicted octanol–water partition coefficient (Wildman–Crippen LogP) is 1.47. The Morgan fingerprint density at radius 1 is 1.64 bits per heavy atom. The average molecular weight is 201 g/mol. The molecule has 0 aromatic carbocycles. The van der Waals surface area contributed by atoms with Gasteiger partial charge in [0.25, 0.3) is 5.91 Å². The zero-order chi connectivity index (χ0) is 10.6. The van der Waals surface area contributed by atoms with E-state index in [1.54, 1.807) is 11.8 Å². The normalized spacial score (nSPS) is 40.4. The predicted molar refractivity (Wildman–Crippen MR) is 49.4 cm³/mol. The van der Waals surface area contributed by atoms with Gasteiger partial charge in [0, 0.05) is 6.42 Å². The zero-order valence-electron chi connectivity index (χ0n) is 8.84. The molecule has 0 unspecified atom stereocenters. The third-order valence-corrected chi connectivity index (χ3v) is 3.30. The lowest BCUT2D eigenvalue weighted by Crippen LogP contribution is -2.47. The highest BCUT2D eigenvalue weighted by Crippen LogP contribution is 2.42. The molecule has 3 nitrogen and oxygen atoms in total. The van der Waals surface area contributed by atoms with Gasteiger partial charge in [0.05, 0.1) is 12.6 Å². The van der Waals surface area contributed by atoms with Crippen LogP contribution >= 0.6 is 0 Å². The van der Waals surface area contributed by atoms with Crippen molar-refractivity contribution < 1.29 is 13.9 Å². The van der Waals surface area contributed by atoms with Crippen LogP contribution in [0.3, 0.4) is 0 Å². The minimum absolute atomic E-state index is 0.0672. The van der Waals surface area contributed by atoms with E-state index in [-0.39, 0.29) is 18.9 Å². The quantitative estimate of drug-likeness (QED) is 0.643. The second-order valence-corrected chi connectivity index (χ2v) is 4.61. The molecule has 0 bridgehead atoms. The van der Waals surface area contributed by atoms with Crippen LogP contribution in [-0.2, 0) is 9.53 Å². The topological polar surface area (TPSA) is 29.5 Å². The van der Waals surface area contributed by atoms with Gasteiger partial charge >= 0.3 is 0 Å². The Labute approximate surface area is 83.2 Å². The first-order valence-electron chi connectivity index (χ1n) is 5.07. The largest absolute Gasteiger partial charge is 0.354 e. The Hall–Kier alpha value is -0.640. The summed E-state index contributed by atoms with van der Waals surface area (Å²) in [6.45, 7) is 5.80. The van der Waals surface area contributed by atoms with Crippen LogP contribution in [0.4, 0.5) is 4.39 Å². The van der Waals surface area contributed by atoms with Gasteiger partial charge in [-0.05, 0) is 20.3 Å². The molecular formula is C10H16FNO2. The molecule has 2 heterocycles. The summed E-state index contributed by atoms with van der Waals surface area (Å²) < 4.78 is 19.5. The number of hydrogen-bond donors (Lipinski definition) is 0. The fraction of sp³-hybridized carbons (Fsp3) is 0.900. The monoisotopic (exact) mass is 201 g/mol. The summed E-state index contributed by atoms with van der Waals surface area (Å²) in [5.74, 6) is -0.396. The SMILES string of the molecule is CC[C@]1(F)C[C@H]2COC(C)(C)N2C1=O. The lowest BCUT2D eigenvalue weighted by molar-refractivity contribution is -0.151. The van der Waals surface area contributed by atoms with Crippen LogP contribution < -0.4 is 0 Å². The van der Waals surface area contributed by atoms with Crippen LogP contribution in [0.5, 0.6) is 0 Å². The van der Waals surface area contributed by atoms with Crippen molar-refractivity contribution in [3.8, 4) is 0 Å². The summed E-state index contributed by atoms with van der Waals surface area (Å²) in [7, 11) is 0. The van der Waals surface area contributed by atoms with Crippen molar-refractivity contribution in [2.75, 3.05) is 6.61 Å². The maximum Gasteiger partial charge on any atom is 0.262 e. The van der Waals surface area contributed by atoms with Crippen LogP contribution in [-0.4, -0.2) is 34.8 Å². The first-order chi connectivity index (χ1) is 6.41. The second kappa shape index (κ2) is 2.69. The molecule has 2 saturated heterocycles. The summed E-state index contributed by atoms with van der Waals surface area (Å²) >= 11 is 0. The highest BCUT2D eigenvalue weighted by Gasteiger charge is 2.58. The van der Waals surface area contributed by atoms with E-state index in [2.05, 4.69) is 0 Å². The number of ether oxygens (including phenoxy) is 1. The van der Waals surface area contributed by atoms with Crippen LogP contribution in [0, 0.1) is 0 Å². The third kappa shape index (κ3) is 1.10. The van der Waals surface area contributed by atoms with Crippen LogP contribution in [0.2, 0.25) is 0 Å². The Balaban J connectivity index is 2.30. The highest BCUT2D eigenvalue weighted by molar-refractivity contribution is 5.88. The average Bonchev–Trinajstić information content (AvgIpc) is 2.53. The van der Waals surface area contributed by atoms with E-state index in [0.717, 1.165) is 0 Å². The number of fused-ring (bicyclic) bond motifs is 1. The highest BCUT2D eigenvalue weighted by atomic mass is 19.1. The first kappa shape index (κ1) is 9.90. The molecule has 2 atom stereocenters. The van der Waals surface area contributed by atoms with Gasteiger partial charge in [0.1, 0.15) is 5.72 Å². The molecule has 1 amide bonds. The summed E-state index contributed by atoms with van der Waals surface area (Å²) in [5.41, 5.74) is -2.28. The minimum Gasteiger partial charge on any atom is -0.354 e. The lowest BCUT2D eigenvalue weighted by Gasteiger charge is -2.30. The second-order valence-electron chi connectivity index (χ2n) is 4.61. The zero-order valence-corrected chi connectivity index (χ0v) is 8.84. The van der Waals surface area contributed by atoms with Crippen LogP contribution in [0.25, 0.3) is 0 Å². The number of halogens is 1. The van der Waals surface area contributed by atoms with E-state index in [1.165, 1.54) is 0 Å². The number of hydrogen-bond acceptors (Lipinski definition) is 2. The fourth-order valence-corrected chi connectivity index (χ4v) is 2.42. The van der Waals surface area contributed by atoms with Gasteiger partial charge in [-0.15, -0.1) is 0 Å². The van der Waals surface area contributed by atoms with Gasteiger partial charge < -0.3 is 9.64 Å². The van der Waals surface area contributed by atoms with Crippen molar-refractivity contribution in [3.05, 3.63) is 0 Å². The van der Waals surface area contributed by atoms with E-state index in [4.69, 9.17) is 4.74 Å². The van der Waals surface area contributed by atoms with Crippen molar-refractivity contribution in [3.63, 3.8) is 0 Å². The number of nitrogens with zero attached hydrogens (tertiary/aromatic N) is 1. The Kier molecular flexibility index (Phi) is 1.90. The van der Waals surface area contributed by atoms with Crippen LogP contribution in [0.15, 0.2) is 0 Å². The molecule has 0 spiro atoms. The fourth-order valence-electron chi connectivity index (χ4n) is 2.42. The maximum absolute atomic E-state index is 14.1. The maximum atomic E-state index is 14.1. The summed E-state index contributed by atoms with van der Waals surface area (Å²) in [6, 6.07) is -0.0672. The molecule has 0 radical (unpaired) electrons. The molecule has 14 heavy (non-hydrogen) atoms. The first-order valence-corrected chi connectivity index (χ1v) is 5.07. The number of alkyl halides is 1. The number of amides is 1. The van der Waals surface area contributed by atoms with Gasteiger partial charge in [0.2, 0.25) is 0 Å². The van der Waals surface area contributed by atoms with Crippen molar-refractivity contribution in [2.24, 2.45) is 0 Å². The Morgan fingerprint density at radius 2 is 2.29 bits per heavy atom. The van der Waals surface area contributed by atoms with E-state index < -0.39 is 17.3 Å². The Morgan fingerprint density at radius 3 is 2.79 bits per heavy atom. The molecule has 80 valence electrons. The van der Waals surface area contributed by atoms with E-state index >= 15 is 0 Å². The molecule has 4 heteroatoms. The van der Waals surface area contributed by atoms with E-state index in [1.807, 2.05) is 13.8 Å². The molecule has 0 aromatic heterocycles.